The summed E-state index contributed by atoms with van der Waals surface area (Å²) in [5.41, 5.74) is 3.78. The molecule has 0 radical (unpaired) electrons. The number of hydrogen-bond acceptors (Lipinski definition) is 7. The Bertz CT molecular complexity index is 1260. The first-order chi connectivity index (χ1) is 14.5. The zero-order chi connectivity index (χ0) is 20.7. The smallest absolute Gasteiger partial charge is 0.414 e. The number of oxazole rings is 2. The number of rotatable bonds is 5. The van der Waals surface area contributed by atoms with Crippen molar-refractivity contribution in [2.45, 2.75) is 25.9 Å². The highest BCUT2D eigenvalue weighted by Crippen LogP contribution is 2.25. The number of benzene rings is 2. The number of fused-ring (bicyclic) bond motifs is 1. The number of aromatic nitrogens is 2. The van der Waals surface area contributed by atoms with Crippen LogP contribution in [0.15, 0.2) is 57.4 Å². The molecule has 1 aliphatic heterocycles. The average molecular weight is 403 g/mol. The van der Waals surface area contributed by atoms with Crippen LogP contribution >= 0.6 is 0 Å². The minimum atomic E-state index is -0.824. The fourth-order valence-electron chi connectivity index (χ4n) is 3.40. The second-order valence-corrected chi connectivity index (χ2v) is 7.06. The number of carbonyl (C=O) groups excluding carboxylic acids is 2. The van der Waals surface area contributed by atoms with E-state index in [2.05, 4.69) is 15.3 Å². The number of alkyl carbamates (subject to hydrolysis) is 1. The Morgan fingerprint density at radius 3 is 2.63 bits per heavy atom. The molecule has 8 heteroatoms. The maximum atomic E-state index is 11.7. The fourth-order valence-corrected chi connectivity index (χ4v) is 3.40. The van der Waals surface area contributed by atoms with E-state index in [1.54, 1.807) is 6.07 Å². The molecule has 8 nitrogen and oxygen atoms in total. The molecule has 0 saturated carbocycles. The lowest BCUT2D eigenvalue weighted by atomic mass is 10.1. The van der Waals surface area contributed by atoms with E-state index < -0.39 is 18.1 Å². The molecule has 1 saturated heterocycles. The Balaban J connectivity index is 1.36. The summed E-state index contributed by atoms with van der Waals surface area (Å²) in [6.07, 6.45) is -0.865. The second-order valence-electron chi connectivity index (χ2n) is 7.06. The summed E-state index contributed by atoms with van der Waals surface area (Å²) < 4.78 is 16.6. The number of hydrogen-bond donors (Lipinski definition) is 1. The Hall–Kier alpha value is -3.94. The van der Waals surface area contributed by atoms with Crippen molar-refractivity contribution in [1.82, 2.24) is 15.3 Å². The van der Waals surface area contributed by atoms with Crippen LogP contribution in [0.3, 0.4) is 0 Å². The average Bonchev–Trinajstić information content (AvgIpc) is 3.39. The molecule has 0 spiro atoms. The summed E-state index contributed by atoms with van der Waals surface area (Å²) in [5, 5.41) is 2.12. The molecule has 1 N–H and O–H groups in total. The molecule has 1 unspecified atom stereocenters. The maximum absolute atomic E-state index is 11.7. The van der Waals surface area contributed by atoms with Gasteiger partial charge in [0.15, 0.2) is 11.7 Å². The molecule has 1 aliphatic rings. The summed E-state index contributed by atoms with van der Waals surface area (Å²) in [4.78, 5) is 32.0. The van der Waals surface area contributed by atoms with Gasteiger partial charge in [-0.2, -0.15) is 0 Å². The van der Waals surface area contributed by atoms with Crippen LogP contribution in [0.2, 0.25) is 0 Å². The van der Waals surface area contributed by atoms with Crippen molar-refractivity contribution in [2.75, 3.05) is 0 Å². The molecule has 0 aliphatic carbocycles. The topological polar surface area (TPSA) is 107 Å². The van der Waals surface area contributed by atoms with E-state index in [1.165, 1.54) is 0 Å². The molecule has 2 aromatic carbocycles. The standard InChI is InChI=1S/C22H17N3O5/c1-12-15(24-21(28-12)14-5-3-2-4-6-14)11-19-23-16-9-13(7-8-17(16)29-19)10-18-20(26)25-22(27)30-18/h2-9,18H,10-11H2,1H3,(H,25,26,27). The summed E-state index contributed by atoms with van der Waals surface area (Å²) in [5.74, 6) is 1.36. The fraction of sp³-hybridized carbons (Fsp3) is 0.182. The summed E-state index contributed by atoms with van der Waals surface area (Å²) in [6.45, 7) is 1.86. The van der Waals surface area contributed by atoms with Gasteiger partial charge in [0.1, 0.15) is 11.3 Å². The number of nitrogens with one attached hydrogen (secondary N) is 1. The van der Waals surface area contributed by atoms with Gasteiger partial charge in [0.25, 0.3) is 5.91 Å². The molecule has 0 bridgehead atoms. The van der Waals surface area contributed by atoms with Crippen LogP contribution in [0.25, 0.3) is 22.6 Å². The van der Waals surface area contributed by atoms with Crippen LogP contribution in [0, 0.1) is 6.92 Å². The highest BCUT2D eigenvalue weighted by molar-refractivity contribution is 6.00. The van der Waals surface area contributed by atoms with Gasteiger partial charge in [0.2, 0.25) is 11.8 Å². The minimum Gasteiger partial charge on any atom is -0.441 e. The summed E-state index contributed by atoms with van der Waals surface area (Å²) in [7, 11) is 0. The van der Waals surface area contributed by atoms with Crippen molar-refractivity contribution < 1.29 is 23.2 Å². The predicted octanol–water partition coefficient (Wildman–Crippen LogP) is 3.56. The maximum Gasteiger partial charge on any atom is 0.414 e. The van der Waals surface area contributed by atoms with Crippen LogP contribution in [0.1, 0.15) is 22.9 Å². The van der Waals surface area contributed by atoms with E-state index in [9.17, 15) is 9.59 Å². The molecular weight excluding hydrogens is 386 g/mol. The van der Waals surface area contributed by atoms with E-state index in [-0.39, 0.29) is 6.42 Å². The van der Waals surface area contributed by atoms with Crippen LogP contribution in [0.4, 0.5) is 4.79 Å². The Morgan fingerprint density at radius 2 is 1.87 bits per heavy atom. The van der Waals surface area contributed by atoms with Crippen molar-refractivity contribution in [2.24, 2.45) is 0 Å². The molecule has 150 valence electrons. The van der Waals surface area contributed by atoms with Gasteiger partial charge in [0, 0.05) is 12.0 Å². The van der Waals surface area contributed by atoms with Crippen LogP contribution in [0.5, 0.6) is 0 Å². The van der Waals surface area contributed by atoms with Gasteiger partial charge in [-0.3, -0.25) is 10.1 Å². The largest absolute Gasteiger partial charge is 0.441 e. The second kappa shape index (κ2) is 7.14. The third-order valence-electron chi connectivity index (χ3n) is 4.92. The van der Waals surface area contributed by atoms with E-state index in [4.69, 9.17) is 13.6 Å². The molecular formula is C22H17N3O5. The van der Waals surface area contributed by atoms with Gasteiger partial charge in [-0.05, 0) is 36.8 Å². The zero-order valence-corrected chi connectivity index (χ0v) is 16.0. The van der Waals surface area contributed by atoms with Crippen LogP contribution in [-0.2, 0) is 22.4 Å². The van der Waals surface area contributed by atoms with E-state index in [1.807, 2.05) is 49.4 Å². The lowest BCUT2D eigenvalue weighted by molar-refractivity contribution is -0.123. The van der Waals surface area contributed by atoms with Gasteiger partial charge in [-0.15, -0.1) is 0 Å². The monoisotopic (exact) mass is 403 g/mol. The van der Waals surface area contributed by atoms with Crippen LogP contribution < -0.4 is 5.32 Å². The third-order valence-corrected chi connectivity index (χ3v) is 4.92. The summed E-state index contributed by atoms with van der Waals surface area (Å²) >= 11 is 0. The first-order valence-corrected chi connectivity index (χ1v) is 9.47. The minimum absolute atomic E-state index is 0.276. The first-order valence-electron chi connectivity index (χ1n) is 9.47. The molecule has 1 fully saturated rings. The van der Waals surface area contributed by atoms with Crippen molar-refractivity contribution in [3.05, 3.63) is 71.4 Å². The van der Waals surface area contributed by atoms with Crippen LogP contribution in [-0.4, -0.2) is 28.1 Å². The third kappa shape index (κ3) is 3.43. The van der Waals surface area contributed by atoms with Gasteiger partial charge in [-0.1, -0.05) is 24.3 Å². The number of aryl methyl sites for hydroxylation is 1. The molecule has 30 heavy (non-hydrogen) atoms. The molecule has 4 aromatic rings. The van der Waals surface area contributed by atoms with Crippen molar-refractivity contribution in [3.63, 3.8) is 0 Å². The van der Waals surface area contributed by atoms with E-state index >= 15 is 0 Å². The van der Waals surface area contributed by atoms with Gasteiger partial charge >= 0.3 is 6.09 Å². The summed E-state index contributed by atoms with van der Waals surface area (Å²) in [6, 6.07) is 15.1. The molecule has 2 aromatic heterocycles. The van der Waals surface area contributed by atoms with Gasteiger partial charge < -0.3 is 13.6 Å². The molecule has 5 rings (SSSR count). The Labute approximate surface area is 170 Å². The molecule has 2 amide bonds. The number of amides is 2. The lowest BCUT2D eigenvalue weighted by Crippen LogP contribution is -2.25. The Kier molecular flexibility index (Phi) is 4.31. The lowest BCUT2D eigenvalue weighted by Gasteiger charge is -2.05. The Morgan fingerprint density at radius 1 is 1.03 bits per heavy atom. The number of ether oxygens (including phenoxy) is 1. The number of imide groups is 1. The van der Waals surface area contributed by atoms with Gasteiger partial charge in [0.05, 0.1) is 12.1 Å². The molecule has 3 heterocycles. The molecule has 1 atom stereocenters. The quantitative estimate of drug-likeness (QED) is 0.543. The first kappa shape index (κ1) is 18.1. The zero-order valence-electron chi connectivity index (χ0n) is 16.0. The van der Waals surface area contributed by atoms with Crippen molar-refractivity contribution >= 4 is 23.1 Å². The van der Waals surface area contributed by atoms with Crippen molar-refractivity contribution in [1.29, 1.82) is 0 Å². The van der Waals surface area contributed by atoms with E-state index in [0.29, 0.717) is 35.1 Å². The van der Waals surface area contributed by atoms with Crippen molar-refractivity contribution in [3.8, 4) is 11.5 Å². The number of nitrogens with zero attached hydrogens (tertiary/aromatic N) is 2. The number of carbonyl (C=O) groups is 2. The normalized spacial score (nSPS) is 16.1. The van der Waals surface area contributed by atoms with Gasteiger partial charge in [-0.25, -0.2) is 14.8 Å². The van der Waals surface area contributed by atoms with E-state index in [0.717, 1.165) is 16.8 Å². The highest BCUT2D eigenvalue weighted by Gasteiger charge is 2.32. The predicted molar refractivity (Wildman–Crippen MR) is 106 cm³/mol. The highest BCUT2D eigenvalue weighted by atomic mass is 16.6. The number of cyclic esters (lactones) is 1. The SMILES string of the molecule is Cc1oc(-c2ccccc2)nc1Cc1nc2cc(CC3OC(=O)NC3=O)ccc2o1.